The second kappa shape index (κ2) is 8.07. The molecule has 2 N–H and O–H groups in total. The molecular formula is C21H19N3O2. The van der Waals surface area contributed by atoms with Crippen molar-refractivity contribution < 1.29 is 9.59 Å². The number of pyridine rings is 1. The largest absolute Gasteiger partial charge is 0.355 e. The zero-order chi connectivity index (χ0) is 18.4. The molecule has 0 radical (unpaired) electrons. The van der Waals surface area contributed by atoms with Crippen molar-refractivity contribution in [2.24, 2.45) is 0 Å². The maximum absolute atomic E-state index is 12.8. The molecule has 0 saturated carbocycles. The van der Waals surface area contributed by atoms with E-state index in [2.05, 4.69) is 15.6 Å². The van der Waals surface area contributed by atoms with E-state index in [1.807, 2.05) is 42.5 Å². The zero-order valence-electron chi connectivity index (χ0n) is 14.3. The molecule has 3 rings (SSSR count). The van der Waals surface area contributed by atoms with E-state index in [1.54, 1.807) is 43.7 Å². The Morgan fingerprint density at radius 1 is 0.846 bits per heavy atom. The highest BCUT2D eigenvalue weighted by Crippen LogP contribution is 2.21. The fraction of sp³-hybridized carbons (Fsp3) is 0.0952. The number of aromatic nitrogens is 1. The van der Waals surface area contributed by atoms with Crippen LogP contribution < -0.4 is 10.6 Å². The van der Waals surface area contributed by atoms with E-state index in [9.17, 15) is 9.59 Å². The van der Waals surface area contributed by atoms with Crippen LogP contribution in [0.2, 0.25) is 0 Å². The van der Waals surface area contributed by atoms with Crippen LogP contribution in [0.15, 0.2) is 79.1 Å². The topological polar surface area (TPSA) is 71.1 Å². The normalized spacial score (nSPS) is 11.4. The first-order chi connectivity index (χ1) is 12.7. The third-order valence-electron chi connectivity index (χ3n) is 4.04. The van der Waals surface area contributed by atoms with Crippen LogP contribution in [0.4, 0.5) is 0 Å². The molecule has 0 unspecified atom stereocenters. The van der Waals surface area contributed by atoms with Crippen molar-refractivity contribution in [1.29, 1.82) is 0 Å². The van der Waals surface area contributed by atoms with E-state index < -0.39 is 0 Å². The molecule has 1 aromatic heterocycles. The SMILES string of the molecule is CNC(=O)c1cccc(C(=O)N[C@@H](c2ccccc2)c2cccnc2)c1. The van der Waals surface area contributed by atoms with Gasteiger partial charge in [-0.05, 0) is 35.4 Å². The molecule has 0 aliphatic carbocycles. The Morgan fingerprint density at radius 2 is 1.54 bits per heavy atom. The summed E-state index contributed by atoms with van der Waals surface area (Å²) in [5.41, 5.74) is 2.71. The lowest BCUT2D eigenvalue weighted by molar-refractivity contribution is 0.0943. The molecule has 2 aromatic carbocycles. The minimum absolute atomic E-state index is 0.230. The number of amides is 2. The van der Waals surface area contributed by atoms with Crippen LogP contribution in [0.3, 0.4) is 0 Å². The van der Waals surface area contributed by atoms with Gasteiger partial charge in [-0.1, -0.05) is 42.5 Å². The number of hydrogen-bond acceptors (Lipinski definition) is 3. The lowest BCUT2D eigenvalue weighted by atomic mass is 9.99. The van der Waals surface area contributed by atoms with Crippen molar-refractivity contribution in [2.45, 2.75) is 6.04 Å². The third kappa shape index (κ3) is 3.95. The Hall–Kier alpha value is -3.47. The van der Waals surface area contributed by atoms with E-state index in [4.69, 9.17) is 0 Å². The minimum atomic E-state index is -0.332. The first-order valence-corrected chi connectivity index (χ1v) is 8.27. The highest BCUT2D eigenvalue weighted by atomic mass is 16.2. The smallest absolute Gasteiger partial charge is 0.252 e. The summed E-state index contributed by atoms with van der Waals surface area (Å²) in [5, 5.41) is 5.60. The van der Waals surface area contributed by atoms with Gasteiger partial charge in [0.2, 0.25) is 0 Å². The molecule has 0 aliphatic heterocycles. The van der Waals surface area contributed by atoms with Crippen LogP contribution in [0.1, 0.15) is 37.9 Å². The highest BCUT2D eigenvalue weighted by Gasteiger charge is 2.18. The van der Waals surface area contributed by atoms with E-state index in [1.165, 1.54) is 0 Å². The van der Waals surface area contributed by atoms with Crippen molar-refractivity contribution in [3.63, 3.8) is 0 Å². The molecule has 0 aliphatic rings. The van der Waals surface area contributed by atoms with E-state index >= 15 is 0 Å². The predicted molar refractivity (Wildman–Crippen MR) is 99.8 cm³/mol. The highest BCUT2D eigenvalue weighted by molar-refractivity contribution is 5.99. The van der Waals surface area contributed by atoms with Crippen LogP contribution in [0, 0.1) is 0 Å². The van der Waals surface area contributed by atoms with Gasteiger partial charge >= 0.3 is 0 Å². The summed E-state index contributed by atoms with van der Waals surface area (Å²) in [4.78, 5) is 28.8. The van der Waals surface area contributed by atoms with Gasteiger partial charge in [0.05, 0.1) is 6.04 Å². The van der Waals surface area contributed by atoms with E-state index in [-0.39, 0.29) is 17.9 Å². The number of nitrogens with one attached hydrogen (secondary N) is 2. The van der Waals surface area contributed by atoms with Gasteiger partial charge in [0.15, 0.2) is 0 Å². The average molecular weight is 345 g/mol. The van der Waals surface area contributed by atoms with Gasteiger partial charge in [-0.3, -0.25) is 14.6 Å². The van der Waals surface area contributed by atoms with Crippen LogP contribution >= 0.6 is 0 Å². The van der Waals surface area contributed by atoms with Crippen LogP contribution in [0.25, 0.3) is 0 Å². The molecule has 3 aromatic rings. The Morgan fingerprint density at radius 3 is 2.19 bits per heavy atom. The number of rotatable bonds is 5. The monoisotopic (exact) mass is 345 g/mol. The Kier molecular flexibility index (Phi) is 5.39. The molecule has 26 heavy (non-hydrogen) atoms. The second-order valence-electron chi connectivity index (χ2n) is 5.76. The lowest BCUT2D eigenvalue weighted by Crippen LogP contribution is -2.29. The van der Waals surface area contributed by atoms with Crippen LogP contribution in [-0.4, -0.2) is 23.8 Å². The third-order valence-corrected chi connectivity index (χ3v) is 4.04. The first-order valence-electron chi connectivity index (χ1n) is 8.27. The predicted octanol–water partition coefficient (Wildman–Crippen LogP) is 2.96. The molecule has 0 saturated heterocycles. The van der Waals surface area contributed by atoms with Gasteiger partial charge in [0.25, 0.3) is 11.8 Å². The van der Waals surface area contributed by atoms with Crippen molar-refractivity contribution in [1.82, 2.24) is 15.6 Å². The maximum atomic E-state index is 12.8. The molecule has 1 atom stereocenters. The number of benzene rings is 2. The van der Waals surface area contributed by atoms with E-state index in [0.29, 0.717) is 11.1 Å². The number of carbonyl (C=O) groups is 2. The van der Waals surface area contributed by atoms with Crippen molar-refractivity contribution >= 4 is 11.8 Å². The zero-order valence-corrected chi connectivity index (χ0v) is 14.3. The quantitative estimate of drug-likeness (QED) is 0.747. The van der Waals surface area contributed by atoms with Gasteiger partial charge in [0.1, 0.15) is 0 Å². The summed E-state index contributed by atoms with van der Waals surface area (Å²) in [6, 6.07) is 19.8. The Bertz CT molecular complexity index is 856. The van der Waals surface area contributed by atoms with Gasteiger partial charge in [-0.2, -0.15) is 0 Å². The van der Waals surface area contributed by atoms with Gasteiger partial charge in [-0.15, -0.1) is 0 Å². The second-order valence-corrected chi connectivity index (χ2v) is 5.76. The van der Waals surface area contributed by atoms with Crippen molar-refractivity contribution in [2.75, 3.05) is 7.05 Å². The maximum Gasteiger partial charge on any atom is 0.252 e. The molecule has 0 spiro atoms. The molecule has 2 amide bonds. The summed E-state index contributed by atoms with van der Waals surface area (Å²) in [7, 11) is 1.56. The fourth-order valence-corrected chi connectivity index (χ4v) is 2.71. The molecule has 0 bridgehead atoms. The van der Waals surface area contributed by atoms with Gasteiger partial charge in [0, 0.05) is 30.6 Å². The molecule has 0 fully saturated rings. The minimum Gasteiger partial charge on any atom is -0.355 e. The molecule has 5 heteroatoms. The summed E-state index contributed by atoms with van der Waals surface area (Å²) in [6.45, 7) is 0. The summed E-state index contributed by atoms with van der Waals surface area (Å²) in [6.07, 6.45) is 3.43. The van der Waals surface area contributed by atoms with Crippen LogP contribution in [0.5, 0.6) is 0 Å². The number of carbonyl (C=O) groups excluding carboxylic acids is 2. The first kappa shape index (κ1) is 17.4. The molecular weight excluding hydrogens is 326 g/mol. The Balaban J connectivity index is 1.90. The lowest BCUT2D eigenvalue weighted by Gasteiger charge is -2.19. The molecule has 130 valence electrons. The van der Waals surface area contributed by atoms with E-state index in [0.717, 1.165) is 11.1 Å². The standard InChI is InChI=1S/C21H19N3O2/c1-22-20(25)16-9-5-10-17(13-16)21(26)24-19(15-7-3-2-4-8-15)18-11-6-12-23-14-18/h2-14,19H,1H3,(H,22,25)(H,24,26)/t19-/m0/s1. The molecule has 5 nitrogen and oxygen atoms in total. The molecule has 1 heterocycles. The van der Waals surface area contributed by atoms with Crippen molar-refractivity contribution in [3.05, 3.63) is 101 Å². The average Bonchev–Trinajstić information content (AvgIpc) is 2.72. The van der Waals surface area contributed by atoms with Gasteiger partial charge < -0.3 is 10.6 Å². The van der Waals surface area contributed by atoms with Gasteiger partial charge in [-0.25, -0.2) is 0 Å². The summed E-state index contributed by atoms with van der Waals surface area (Å²) in [5.74, 6) is -0.486. The van der Waals surface area contributed by atoms with Crippen LogP contribution in [-0.2, 0) is 0 Å². The fourth-order valence-electron chi connectivity index (χ4n) is 2.71. The Labute approximate surface area is 152 Å². The summed E-state index contributed by atoms with van der Waals surface area (Å²) < 4.78 is 0. The number of nitrogens with zero attached hydrogens (tertiary/aromatic N) is 1. The number of hydrogen-bond donors (Lipinski definition) is 2. The van der Waals surface area contributed by atoms with Crippen molar-refractivity contribution in [3.8, 4) is 0 Å². The summed E-state index contributed by atoms with van der Waals surface area (Å²) >= 11 is 0.